The molecule has 0 spiro atoms. The molecule has 3 saturated heterocycles. The largest absolute Gasteiger partial charge is 0.461 e. The SMILES string of the molecule is [2H]C([2H])(Oc1nc(N2CCOC[C@H]3[C@H](F)[C@H]32)c2cc(F)c(-c3cc(N)cc4ccc(F)c(C#C[Si](C(C)C)(C(C)C)C(C)C)c34)c(C)c2n1)[C@@]12CCCN1C[C@H](F)C2. The number of rotatable bonds is 8. The summed E-state index contributed by atoms with van der Waals surface area (Å²) in [6, 6.07) is 6.72. The molecule has 0 unspecified atom stereocenters. The Hall–Kier alpha value is -3.92. The average Bonchev–Trinajstić information content (AvgIpc) is 3.50. The number of ether oxygens (including phenoxy) is 2. The van der Waals surface area contributed by atoms with Gasteiger partial charge >= 0.3 is 6.01 Å². The first-order valence-corrected chi connectivity index (χ1v) is 22.3. The van der Waals surface area contributed by atoms with Crippen molar-refractivity contribution in [1.82, 2.24) is 14.9 Å². The van der Waals surface area contributed by atoms with E-state index in [9.17, 15) is 7.13 Å². The first kappa shape index (κ1) is 36.4. The maximum atomic E-state index is 17.2. The van der Waals surface area contributed by atoms with Crippen LogP contribution in [-0.2, 0) is 4.74 Å². The number of benzene rings is 3. The van der Waals surface area contributed by atoms with Gasteiger partial charge in [0.15, 0.2) is 0 Å². The van der Waals surface area contributed by atoms with Crippen LogP contribution in [0.2, 0.25) is 16.6 Å². The highest BCUT2D eigenvalue weighted by molar-refractivity contribution is 6.90. The van der Waals surface area contributed by atoms with Crippen LogP contribution in [0.4, 0.5) is 29.1 Å². The van der Waals surface area contributed by atoms with Gasteiger partial charge in [-0.1, -0.05) is 53.5 Å². The molecule has 56 heavy (non-hydrogen) atoms. The van der Waals surface area contributed by atoms with Crippen LogP contribution in [0.5, 0.6) is 6.01 Å². The summed E-state index contributed by atoms with van der Waals surface area (Å²) in [6.07, 6.45) is -1.37. The van der Waals surface area contributed by atoms with Gasteiger partial charge in [0.25, 0.3) is 0 Å². The van der Waals surface area contributed by atoms with Crippen molar-refractivity contribution in [2.45, 2.75) is 108 Å². The van der Waals surface area contributed by atoms with Crippen molar-refractivity contribution in [1.29, 1.82) is 0 Å². The van der Waals surface area contributed by atoms with E-state index in [-0.39, 0.29) is 66.6 Å². The van der Waals surface area contributed by atoms with Crippen LogP contribution < -0.4 is 15.4 Å². The highest BCUT2D eigenvalue weighted by Crippen LogP contribution is 2.47. The molecule has 0 bridgehead atoms. The molecule has 4 aliphatic rings. The number of fused-ring (bicyclic) bond motifs is 4. The summed E-state index contributed by atoms with van der Waals surface area (Å²) < 4.78 is 93.9. The van der Waals surface area contributed by atoms with Crippen molar-refractivity contribution >= 4 is 41.3 Å². The predicted octanol–water partition coefficient (Wildman–Crippen LogP) is 9.32. The Bertz CT molecular complexity index is 2330. The summed E-state index contributed by atoms with van der Waals surface area (Å²) in [6.45, 7) is 13.8. The summed E-state index contributed by atoms with van der Waals surface area (Å²) in [5.41, 5.74) is 11.3. The van der Waals surface area contributed by atoms with Crippen molar-refractivity contribution < 1.29 is 29.8 Å². The summed E-state index contributed by atoms with van der Waals surface area (Å²) >= 11 is 0. The molecular weight excluding hydrogens is 735 g/mol. The third-order valence-corrected chi connectivity index (χ3v) is 19.4. The Balaban J connectivity index is 1.36. The number of halogens is 4. The molecule has 1 aliphatic carbocycles. The minimum atomic E-state index is -2.41. The van der Waals surface area contributed by atoms with Gasteiger partial charge in [0, 0.05) is 47.5 Å². The van der Waals surface area contributed by atoms with E-state index in [0.29, 0.717) is 63.6 Å². The number of nitrogen functional groups attached to an aromatic ring is 1. The summed E-state index contributed by atoms with van der Waals surface area (Å²) in [4.78, 5) is 13.0. The smallest absolute Gasteiger partial charge is 0.319 e. The number of aryl methyl sites for hydroxylation is 1. The maximum absolute atomic E-state index is 17.2. The van der Waals surface area contributed by atoms with Crippen LogP contribution in [0.3, 0.4) is 0 Å². The topological polar surface area (TPSA) is 76.7 Å². The zero-order chi connectivity index (χ0) is 41.6. The molecule has 4 fully saturated rings. The third kappa shape index (κ3) is 6.33. The Morgan fingerprint density at radius 1 is 1.05 bits per heavy atom. The quantitative estimate of drug-likeness (QED) is 0.0826. The van der Waals surface area contributed by atoms with Gasteiger partial charge in [0.1, 0.15) is 44.4 Å². The number of alkyl halides is 2. The fourth-order valence-corrected chi connectivity index (χ4v) is 15.6. The van der Waals surface area contributed by atoms with Crippen molar-refractivity contribution in [2.75, 3.05) is 50.0 Å². The monoisotopic (exact) mass is 789 g/mol. The average molecular weight is 790 g/mol. The number of nitrogens with zero attached hydrogens (tertiary/aromatic N) is 4. The molecule has 1 aromatic heterocycles. The van der Waals surface area contributed by atoms with Gasteiger partial charge in [-0.25, -0.2) is 17.6 Å². The number of anilines is 2. The molecule has 5 atom stereocenters. The summed E-state index contributed by atoms with van der Waals surface area (Å²) in [5.74, 6) is 1.90. The Morgan fingerprint density at radius 2 is 1.80 bits per heavy atom. The molecule has 2 N–H and O–H groups in total. The highest BCUT2D eigenvalue weighted by Gasteiger charge is 2.56. The predicted molar refractivity (Wildman–Crippen MR) is 218 cm³/mol. The molecular formula is C44H53F4N5O2Si. The van der Waals surface area contributed by atoms with E-state index >= 15 is 13.2 Å². The summed E-state index contributed by atoms with van der Waals surface area (Å²) in [5, 5.41) is 1.28. The van der Waals surface area contributed by atoms with Crippen molar-refractivity contribution in [3.05, 3.63) is 53.1 Å². The second-order valence-electron chi connectivity index (χ2n) is 17.3. The number of nitrogens with two attached hydrogens (primary N) is 1. The van der Waals surface area contributed by atoms with Gasteiger partial charge in [-0.05, 0) is 83.7 Å². The van der Waals surface area contributed by atoms with E-state index in [1.165, 1.54) is 12.1 Å². The minimum absolute atomic E-state index is 0.0367. The van der Waals surface area contributed by atoms with Crippen molar-refractivity contribution in [2.24, 2.45) is 5.92 Å². The number of hydrogen-bond acceptors (Lipinski definition) is 7. The van der Waals surface area contributed by atoms with Crippen LogP contribution >= 0.6 is 0 Å². The molecule has 12 heteroatoms. The van der Waals surface area contributed by atoms with E-state index in [1.54, 1.807) is 30.0 Å². The standard InChI is InChI=1S/C44H53F4N5O2Si/c1-24(2)56(25(3)4,26(5)6)16-11-31-35(46)10-9-28-17-30(49)18-32(38(28)31)37-27(7)40-33(19-36(37)47)42(53-14-15-54-22-34-39(48)41(34)53)51-43(50-40)55-23-44-12-8-13-52(44)21-29(45)20-44/h9-10,17-19,24-26,29,34,39,41H,8,12-15,20-23,49H2,1-7H3/t29-,34+,39+,41+,44+/m1/s1/i23D2. The van der Waals surface area contributed by atoms with Gasteiger partial charge in [-0.3, -0.25) is 4.90 Å². The second-order valence-corrected chi connectivity index (χ2v) is 22.9. The normalized spacial score (nSPS) is 26.0. The molecule has 4 heterocycles. The van der Waals surface area contributed by atoms with Gasteiger partial charge in [-0.2, -0.15) is 9.97 Å². The minimum Gasteiger partial charge on any atom is -0.461 e. The Kier molecular flexibility index (Phi) is 9.41. The van der Waals surface area contributed by atoms with Crippen molar-refractivity contribution in [3.63, 3.8) is 0 Å². The molecule has 0 amide bonds. The second kappa shape index (κ2) is 14.5. The van der Waals surface area contributed by atoms with Gasteiger partial charge in [-0.15, -0.1) is 5.54 Å². The van der Waals surface area contributed by atoms with Crippen LogP contribution in [0.1, 0.15) is 74.7 Å². The lowest BCUT2D eigenvalue weighted by Gasteiger charge is -2.38. The lowest BCUT2D eigenvalue weighted by molar-refractivity contribution is 0.107. The van der Waals surface area contributed by atoms with E-state index in [2.05, 4.69) is 53.0 Å². The lowest BCUT2D eigenvalue weighted by Crippen LogP contribution is -2.43. The Labute approximate surface area is 331 Å². The maximum Gasteiger partial charge on any atom is 0.319 e. The molecule has 4 aromatic rings. The van der Waals surface area contributed by atoms with Crippen molar-refractivity contribution in [3.8, 4) is 28.6 Å². The molecule has 8 rings (SSSR count). The van der Waals surface area contributed by atoms with E-state index in [4.69, 9.17) is 25.2 Å². The molecule has 1 saturated carbocycles. The van der Waals surface area contributed by atoms with E-state index in [1.807, 2.05) is 4.90 Å². The Morgan fingerprint density at radius 3 is 2.54 bits per heavy atom. The zero-order valence-corrected chi connectivity index (χ0v) is 34.3. The van der Waals surface area contributed by atoms with Gasteiger partial charge in [0.2, 0.25) is 0 Å². The molecule has 3 aliphatic heterocycles. The number of hydrogen-bond donors (Lipinski definition) is 1. The zero-order valence-electron chi connectivity index (χ0n) is 35.3. The molecule has 3 aromatic carbocycles. The fraction of sp³-hybridized carbons (Fsp3) is 0.545. The van der Waals surface area contributed by atoms with Crippen LogP contribution in [0.25, 0.3) is 32.8 Å². The van der Waals surface area contributed by atoms with E-state index in [0.717, 1.165) is 0 Å². The third-order valence-electron chi connectivity index (χ3n) is 13.2. The number of aromatic nitrogens is 2. The first-order chi connectivity index (χ1) is 27.4. The van der Waals surface area contributed by atoms with E-state index < -0.39 is 56.1 Å². The molecule has 7 nitrogen and oxygen atoms in total. The van der Waals surface area contributed by atoms with Gasteiger partial charge in [0.05, 0.1) is 38.6 Å². The molecule has 298 valence electrons. The van der Waals surface area contributed by atoms with Gasteiger partial charge < -0.3 is 20.1 Å². The fourth-order valence-electron chi connectivity index (χ4n) is 10.4. The van der Waals surface area contributed by atoms with Crippen LogP contribution in [-0.4, -0.2) is 86.3 Å². The van der Waals surface area contributed by atoms with Crippen LogP contribution in [0, 0.1) is 35.9 Å². The highest BCUT2D eigenvalue weighted by atomic mass is 28.3. The van der Waals surface area contributed by atoms with Crippen LogP contribution in [0.15, 0.2) is 30.3 Å². The summed E-state index contributed by atoms with van der Waals surface area (Å²) in [7, 11) is -2.32. The lowest BCUT2D eigenvalue weighted by atomic mass is 9.90. The first-order valence-electron chi connectivity index (χ1n) is 21.0. The molecule has 0 radical (unpaired) electrons.